The second kappa shape index (κ2) is 6.22. The van der Waals surface area contributed by atoms with Crippen LogP contribution in [0, 0.1) is 5.41 Å². The lowest BCUT2D eigenvalue weighted by Crippen LogP contribution is -2.44. The standard InChI is InChI=1S/C14H17ClN2O3/c15-11-8-16-7-4-10(11)12(18)17-9-14(13(19)20)5-2-1-3-6-14/h4,7-8H,1-3,5-6,9H2,(H,17,18)(H,19,20). The first-order valence-corrected chi connectivity index (χ1v) is 7.04. The van der Waals surface area contributed by atoms with E-state index in [4.69, 9.17) is 11.6 Å². The maximum atomic E-state index is 12.1. The van der Waals surface area contributed by atoms with Crippen LogP contribution in [0.15, 0.2) is 18.5 Å². The molecule has 0 radical (unpaired) electrons. The number of hydrogen-bond donors (Lipinski definition) is 2. The first kappa shape index (κ1) is 14.8. The third kappa shape index (κ3) is 3.10. The highest BCUT2D eigenvalue weighted by molar-refractivity contribution is 6.33. The molecule has 20 heavy (non-hydrogen) atoms. The number of carbonyl (C=O) groups excluding carboxylic acids is 1. The number of pyridine rings is 1. The molecule has 1 saturated carbocycles. The molecule has 2 N–H and O–H groups in total. The lowest BCUT2D eigenvalue weighted by atomic mass is 9.74. The molecule has 2 rings (SSSR count). The van der Waals surface area contributed by atoms with Crippen molar-refractivity contribution in [3.05, 3.63) is 29.0 Å². The monoisotopic (exact) mass is 296 g/mol. The molecule has 1 heterocycles. The van der Waals surface area contributed by atoms with Crippen LogP contribution in [-0.4, -0.2) is 28.5 Å². The van der Waals surface area contributed by atoms with Crippen LogP contribution in [0.1, 0.15) is 42.5 Å². The average molecular weight is 297 g/mol. The Hall–Kier alpha value is -1.62. The predicted molar refractivity (Wildman–Crippen MR) is 74.7 cm³/mol. The molecule has 1 fully saturated rings. The number of hydrogen-bond acceptors (Lipinski definition) is 3. The minimum atomic E-state index is -0.840. The fourth-order valence-electron chi connectivity index (χ4n) is 2.60. The van der Waals surface area contributed by atoms with Crippen molar-refractivity contribution >= 4 is 23.5 Å². The molecular weight excluding hydrogens is 280 g/mol. The summed E-state index contributed by atoms with van der Waals surface area (Å²) in [4.78, 5) is 27.4. The van der Waals surface area contributed by atoms with Gasteiger partial charge in [-0.3, -0.25) is 14.6 Å². The lowest BCUT2D eigenvalue weighted by Gasteiger charge is -2.33. The molecule has 0 aromatic carbocycles. The first-order valence-electron chi connectivity index (χ1n) is 6.66. The molecule has 0 saturated heterocycles. The summed E-state index contributed by atoms with van der Waals surface area (Å²) in [6.07, 6.45) is 6.91. The fraction of sp³-hybridized carbons (Fsp3) is 0.500. The fourth-order valence-corrected chi connectivity index (χ4v) is 2.80. The van der Waals surface area contributed by atoms with Gasteiger partial charge in [0.05, 0.1) is 16.0 Å². The van der Waals surface area contributed by atoms with Gasteiger partial charge in [0.15, 0.2) is 0 Å². The highest BCUT2D eigenvalue weighted by Crippen LogP contribution is 2.36. The van der Waals surface area contributed by atoms with E-state index in [9.17, 15) is 14.7 Å². The minimum absolute atomic E-state index is 0.139. The Balaban J connectivity index is 2.05. The number of aliphatic carboxylic acids is 1. The lowest BCUT2D eigenvalue weighted by molar-refractivity contribution is -0.150. The third-order valence-corrected chi connectivity index (χ3v) is 4.17. The zero-order valence-corrected chi connectivity index (χ0v) is 11.8. The minimum Gasteiger partial charge on any atom is -0.481 e. The maximum Gasteiger partial charge on any atom is 0.311 e. The maximum absolute atomic E-state index is 12.1. The van der Waals surface area contributed by atoms with Crippen molar-refractivity contribution < 1.29 is 14.7 Å². The van der Waals surface area contributed by atoms with Crippen molar-refractivity contribution in [2.45, 2.75) is 32.1 Å². The van der Waals surface area contributed by atoms with Gasteiger partial charge in [0.25, 0.3) is 5.91 Å². The number of nitrogens with one attached hydrogen (secondary N) is 1. The van der Waals surface area contributed by atoms with Gasteiger partial charge in [0, 0.05) is 18.9 Å². The van der Waals surface area contributed by atoms with Crippen molar-refractivity contribution in [2.75, 3.05) is 6.54 Å². The van der Waals surface area contributed by atoms with E-state index in [2.05, 4.69) is 10.3 Å². The van der Waals surface area contributed by atoms with Gasteiger partial charge in [-0.1, -0.05) is 30.9 Å². The van der Waals surface area contributed by atoms with Crippen LogP contribution < -0.4 is 5.32 Å². The number of carbonyl (C=O) groups is 2. The number of nitrogens with zero attached hydrogens (tertiary/aromatic N) is 1. The van der Waals surface area contributed by atoms with Gasteiger partial charge < -0.3 is 10.4 Å². The largest absolute Gasteiger partial charge is 0.481 e. The van der Waals surface area contributed by atoms with Crippen molar-refractivity contribution in [1.82, 2.24) is 10.3 Å². The van der Waals surface area contributed by atoms with Crippen molar-refractivity contribution in [3.8, 4) is 0 Å². The van der Waals surface area contributed by atoms with Crippen molar-refractivity contribution in [2.24, 2.45) is 5.41 Å². The summed E-state index contributed by atoms with van der Waals surface area (Å²) in [7, 11) is 0. The molecule has 0 atom stereocenters. The van der Waals surface area contributed by atoms with Gasteiger partial charge in [-0.05, 0) is 18.9 Å². The highest BCUT2D eigenvalue weighted by atomic mass is 35.5. The Kier molecular flexibility index (Phi) is 4.60. The highest BCUT2D eigenvalue weighted by Gasteiger charge is 2.39. The van der Waals surface area contributed by atoms with E-state index in [1.165, 1.54) is 18.5 Å². The molecule has 1 aliphatic carbocycles. The quantitative estimate of drug-likeness (QED) is 0.894. The summed E-state index contributed by atoms with van der Waals surface area (Å²) in [6.45, 7) is 0.139. The van der Waals surface area contributed by atoms with E-state index in [1.54, 1.807) is 0 Å². The number of carboxylic acid groups (broad SMARTS) is 1. The number of halogens is 1. The van der Waals surface area contributed by atoms with Crippen molar-refractivity contribution in [1.29, 1.82) is 0 Å². The van der Waals surface area contributed by atoms with Gasteiger partial charge in [0.1, 0.15) is 0 Å². The second-order valence-corrected chi connectivity index (χ2v) is 5.59. The van der Waals surface area contributed by atoms with Crippen LogP contribution in [0.2, 0.25) is 5.02 Å². The van der Waals surface area contributed by atoms with E-state index in [0.717, 1.165) is 19.3 Å². The summed E-state index contributed by atoms with van der Waals surface area (Å²) >= 11 is 5.90. The zero-order valence-electron chi connectivity index (χ0n) is 11.1. The molecule has 5 nitrogen and oxygen atoms in total. The summed E-state index contributed by atoms with van der Waals surface area (Å²) in [5.74, 6) is -1.19. The average Bonchev–Trinajstić information content (AvgIpc) is 2.46. The zero-order chi connectivity index (χ0) is 14.6. The Morgan fingerprint density at radius 1 is 1.35 bits per heavy atom. The normalized spacial score (nSPS) is 17.4. The SMILES string of the molecule is O=C(NCC1(C(=O)O)CCCCC1)c1ccncc1Cl. The van der Waals surface area contributed by atoms with E-state index < -0.39 is 11.4 Å². The van der Waals surface area contributed by atoms with Crippen molar-refractivity contribution in [3.63, 3.8) is 0 Å². The molecule has 1 amide bonds. The Morgan fingerprint density at radius 3 is 2.65 bits per heavy atom. The molecule has 1 aliphatic rings. The van der Waals surface area contributed by atoms with Crippen LogP contribution in [0.25, 0.3) is 0 Å². The molecular formula is C14H17ClN2O3. The van der Waals surface area contributed by atoms with Gasteiger partial charge in [0.2, 0.25) is 0 Å². The van der Waals surface area contributed by atoms with Crippen LogP contribution in [0.3, 0.4) is 0 Å². The van der Waals surface area contributed by atoms with Gasteiger partial charge in [-0.2, -0.15) is 0 Å². The molecule has 1 aromatic rings. The molecule has 0 spiro atoms. The summed E-state index contributed by atoms with van der Waals surface area (Å²) < 4.78 is 0. The summed E-state index contributed by atoms with van der Waals surface area (Å²) in [5.41, 5.74) is -0.522. The molecule has 1 aromatic heterocycles. The van der Waals surface area contributed by atoms with E-state index in [-0.39, 0.29) is 17.5 Å². The smallest absolute Gasteiger partial charge is 0.311 e. The third-order valence-electron chi connectivity index (χ3n) is 3.87. The molecule has 108 valence electrons. The molecule has 0 unspecified atom stereocenters. The van der Waals surface area contributed by atoms with Gasteiger partial charge in [-0.15, -0.1) is 0 Å². The first-order chi connectivity index (χ1) is 9.55. The number of amides is 1. The van der Waals surface area contributed by atoms with Crippen LogP contribution >= 0.6 is 11.6 Å². The van der Waals surface area contributed by atoms with Crippen LogP contribution in [0.5, 0.6) is 0 Å². The summed E-state index contributed by atoms with van der Waals surface area (Å²) in [5, 5.41) is 12.4. The molecule has 6 heteroatoms. The number of aromatic nitrogens is 1. The number of rotatable bonds is 4. The van der Waals surface area contributed by atoms with Crippen LogP contribution in [0.4, 0.5) is 0 Å². The Morgan fingerprint density at radius 2 is 2.05 bits per heavy atom. The topological polar surface area (TPSA) is 79.3 Å². The van der Waals surface area contributed by atoms with E-state index in [0.29, 0.717) is 18.4 Å². The van der Waals surface area contributed by atoms with E-state index in [1.807, 2.05) is 0 Å². The van der Waals surface area contributed by atoms with Crippen LogP contribution in [-0.2, 0) is 4.79 Å². The van der Waals surface area contributed by atoms with Gasteiger partial charge in [-0.25, -0.2) is 0 Å². The number of carboxylic acids is 1. The predicted octanol–water partition coefficient (Wildman–Crippen LogP) is 2.50. The summed E-state index contributed by atoms with van der Waals surface area (Å²) in [6, 6.07) is 1.52. The van der Waals surface area contributed by atoms with E-state index >= 15 is 0 Å². The molecule has 0 aliphatic heterocycles. The van der Waals surface area contributed by atoms with Gasteiger partial charge >= 0.3 is 5.97 Å². The second-order valence-electron chi connectivity index (χ2n) is 5.18. The Bertz CT molecular complexity index is 513. The Labute approximate surface area is 122 Å². The molecule has 0 bridgehead atoms.